The topological polar surface area (TPSA) is 78.2 Å². The molecule has 0 atom stereocenters. The molecule has 0 N–H and O–H groups in total. The Balaban J connectivity index is 1.95. The fraction of sp³-hybridized carbons (Fsp3) is 0.579. The summed E-state index contributed by atoms with van der Waals surface area (Å²) in [6.45, 7) is 3.04. The van der Waals surface area contributed by atoms with Gasteiger partial charge in [0.25, 0.3) is 0 Å². The quantitative estimate of drug-likeness (QED) is 0.712. The summed E-state index contributed by atoms with van der Waals surface area (Å²) in [5, 5.41) is 8.60. The predicted molar refractivity (Wildman–Crippen MR) is 97.5 cm³/mol. The maximum atomic E-state index is 12.5. The third-order valence-electron chi connectivity index (χ3n) is 4.71. The van der Waals surface area contributed by atoms with Crippen LogP contribution < -0.4 is 0 Å². The molecule has 1 amide bonds. The molecule has 0 bridgehead atoms. The molecule has 0 aliphatic heterocycles. The zero-order valence-electron chi connectivity index (χ0n) is 14.8. The number of rotatable bonds is 8. The Morgan fingerprint density at radius 3 is 2.44 bits per heavy atom. The number of hydrogen-bond acceptors (Lipinski definition) is 4. The number of nitriles is 1. The molecular formula is C19H26N2O3S. The molecule has 1 aromatic carbocycles. The molecule has 2 rings (SSSR count). The van der Waals surface area contributed by atoms with Crippen LogP contribution in [0.25, 0.3) is 0 Å². The van der Waals surface area contributed by atoms with Crippen molar-refractivity contribution >= 4 is 15.7 Å². The van der Waals surface area contributed by atoms with E-state index >= 15 is 0 Å². The minimum absolute atomic E-state index is 0.0507. The summed E-state index contributed by atoms with van der Waals surface area (Å²) in [5.41, 5.74) is 1.53. The van der Waals surface area contributed by atoms with Crippen LogP contribution in [-0.4, -0.2) is 36.8 Å². The summed E-state index contributed by atoms with van der Waals surface area (Å²) in [6, 6.07) is 9.21. The standard InChI is InChI=1S/C19H26N2O3S/c1-2-12-21(15-17-9-7-16(14-20)8-10-17)19(22)11-13-25(23,24)18-5-3-4-6-18/h7-10,18H,2-6,11-13,15H2,1H3. The molecule has 0 radical (unpaired) electrons. The molecule has 5 nitrogen and oxygen atoms in total. The second-order valence-electron chi connectivity index (χ2n) is 6.65. The van der Waals surface area contributed by atoms with Crippen molar-refractivity contribution in [2.75, 3.05) is 12.3 Å². The summed E-state index contributed by atoms with van der Waals surface area (Å²) >= 11 is 0. The number of nitrogens with zero attached hydrogens (tertiary/aromatic N) is 2. The highest BCUT2D eigenvalue weighted by Crippen LogP contribution is 2.25. The third kappa shape index (κ3) is 5.57. The van der Waals surface area contributed by atoms with Gasteiger partial charge in [0.15, 0.2) is 9.84 Å². The van der Waals surface area contributed by atoms with Gasteiger partial charge in [0.2, 0.25) is 5.91 Å². The first-order valence-electron chi connectivity index (χ1n) is 8.94. The average molecular weight is 362 g/mol. The zero-order valence-corrected chi connectivity index (χ0v) is 15.6. The van der Waals surface area contributed by atoms with E-state index in [2.05, 4.69) is 6.07 Å². The van der Waals surface area contributed by atoms with Crippen molar-refractivity contribution in [3.05, 3.63) is 35.4 Å². The van der Waals surface area contributed by atoms with Crippen LogP contribution in [-0.2, 0) is 21.2 Å². The number of hydrogen-bond donors (Lipinski definition) is 0. The zero-order chi connectivity index (χ0) is 18.3. The minimum Gasteiger partial charge on any atom is -0.338 e. The monoisotopic (exact) mass is 362 g/mol. The summed E-state index contributed by atoms with van der Waals surface area (Å²) in [5.74, 6) is -0.169. The van der Waals surface area contributed by atoms with Gasteiger partial charge in [-0.25, -0.2) is 8.42 Å². The summed E-state index contributed by atoms with van der Waals surface area (Å²) < 4.78 is 24.7. The Kier molecular flexibility index (Phi) is 7.01. The van der Waals surface area contributed by atoms with Crippen molar-refractivity contribution in [3.63, 3.8) is 0 Å². The summed E-state index contributed by atoms with van der Waals surface area (Å²) in [6.07, 6.45) is 4.28. The van der Waals surface area contributed by atoms with Gasteiger partial charge in [-0.1, -0.05) is 31.9 Å². The van der Waals surface area contributed by atoms with Crippen molar-refractivity contribution < 1.29 is 13.2 Å². The van der Waals surface area contributed by atoms with Gasteiger partial charge >= 0.3 is 0 Å². The maximum absolute atomic E-state index is 12.5. The van der Waals surface area contributed by atoms with Crippen LogP contribution in [0.2, 0.25) is 0 Å². The van der Waals surface area contributed by atoms with Gasteiger partial charge in [0.05, 0.1) is 22.6 Å². The molecule has 0 aromatic heterocycles. The normalized spacial score (nSPS) is 15.0. The van der Waals surface area contributed by atoms with Crippen LogP contribution >= 0.6 is 0 Å². The average Bonchev–Trinajstić information content (AvgIpc) is 3.15. The van der Waals surface area contributed by atoms with Crippen LogP contribution in [0.3, 0.4) is 0 Å². The van der Waals surface area contributed by atoms with Gasteiger partial charge in [-0.15, -0.1) is 0 Å². The third-order valence-corrected chi connectivity index (χ3v) is 6.97. The lowest BCUT2D eigenvalue weighted by Gasteiger charge is -2.23. The lowest BCUT2D eigenvalue weighted by molar-refractivity contribution is -0.131. The van der Waals surface area contributed by atoms with Crippen LogP contribution in [0, 0.1) is 11.3 Å². The van der Waals surface area contributed by atoms with Gasteiger partial charge in [0, 0.05) is 19.5 Å². The molecule has 0 spiro atoms. The van der Waals surface area contributed by atoms with Crippen molar-refractivity contribution in [3.8, 4) is 6.07 Å². The minimum atomic E-state index is -3.17. The fourth-order valence-corrected chi connectivity index (χ4v) is 5.11. The van der Waals surface area contributed by atoms with Crippen LogP contribution in [0.4, 0.5) is 0 Å². The van der Waals surface area contributed by atoms with Crippen molar-refractivity contribution in [1.29, 1.82) is 5.26 Å². The second kappa shape index (κ2) is 9.00. The molecular weight excluding hydrogens is 336 g/mol. The Morgan fingerprint density at radius 2 is 1.88 bits per heavy atom. The fourth-order valence-electron chi connectivity index (χ4n) is 3.27. The lowest BCUT2D eigenvalue weighted by Crippen LogP contribution is -2.33. The van der Waals surface area contributed by atoms with Crippen LogP contribution in [0.5, 0.6) is 0 Å². The Morgan fingerprint density at radius 1 is 1.24 bits per heavy atom. The molecule has 136 valence electrons. The SMILES string of the molecule is CCCN(Cc1ccc(C#N)cc1)C(=O)CCS(=O)(=O)C1CCCC1. The highest BCUT2D eigenvalue weighted by molar-refractivity contribution is 7.92. The van der Waals surface area contributed by atoms with E-state index in [0.29, 0.717) is 18.7 Å². The summed E-state index contributed by atoms with van der Waals surface area (Å²) in [7, 11) is -3.17. The molecule has 0 saturated heterocycles. The van der Waals surface area contributed by atoms with Crippen molar-refractivity contribution in [2.45, 2.75) is 57.2 Å². The van der Waals surface area contributed by atoms with E-state index in [0.717, 1.165) is 37.7 Å². The molecule has 0 heterocycles. The second-order valence-corrected chi connectivity index (χ2v) is 9.05. The number of benzene rings is 1. The highest BCUT2D eigenvalue weighted by atomic mass is 32.2. The Labute approximate surface area is 150 Å². The van der Waals surface area contributed by atoms with Crippen molar-refractivity contribution in [2.24, 2.45) is 0 Å². The number of carbonyl (C=O) groups is 1. The van der Waals surface area contributed by atoms with E-state index in [-0.39, 0.29) is 23.3 Å². The number of sulfone groups is 1. The Hall–Kier alpha value is -1.87. The predicted octanol–water partition coefficient (Wildman–Crippen LogP) is 3.04. The van der Waals surface area contributed by atoms with Gasteiger partial charge < -0.3 is 4.90 Å². The van der Waals surface area contributed by atoms with E-state index in [1.54, 1.807) is 17.0 Å². The smallest absolute Gasteiger partial charge is 0.223 e. The van der Waals surface area contributed by atoms with E-state index in [9.17, 15) is 13.2 Å². The Bertz CT molecular complexity index is 714. The van der Waals surface area contributed by atoms with Crippen LogP contribution in [0.15, 0.2) is 24.3 Å². The molecule has 1 fully saturated rings. The van der Waals surface area contributed by atoms with E-state index in [4.69, 9.17) is 5.26 Å². The molecule has 0 unspecified atom stereocenters. The highest BCUT2D eigenvalue weighted by Gasteiger charge is 2.29. The molecule has 1 aromatic rings. The summed E-state index contributed by atoms with van der Waals surface area (Å²) in [4.78, 5) is 14.2. The van der Waals surface area contributed by atoms with Gasteiger partial charge in [-0.3, -0.25) is 4.79 Å². The van der Waals surface area contributed by atoms with E-state index < -0.39 is 9.84 Å². The van der Waals surface area contributed by atoms with Crippen molar-refractivity contribution in [1.82, 2.24) is 4.90 Å². The van der Waals surface area contributed by atoms with Gasteiger partial charge in [-0.05, 0) is 37.0 Å². The van der Waals surface area contributed by atoms with E-state index in [1.807, 2.05) is 19.1 Å². The number of carbonyl (C=O) groups excluding carboxylic acids is 1. The molecule has 6 heteroatoms. The lowest BCUT2D eigenvalue weighted by atomic mass is 10.1. The first kappa shape index (κ1) is 19.5. The molecule has 1 saturated carbocycles. The first-order chi connectivity index (χ1) is 12.0. The largest absolute Gasteiger partial charge is 0.338 e. The van der Waals surface area contributed by atoms with E-state index in [1.165, 1.54) is 0 Å². The van der Waals surface area contributed by atoms with Crippen LogP contribution in [0.1, 0.15) is 56.6 Å². The molecule has 25 heavy (non-hydrogen) atoms. The molecule has 1 aliphatic carbocycles. The number of amides is 1. The first-order valence-corrected chi connectivity index (χ1v) is 10.7. The molecule has 1 aliphatic rings. The van der Waals surface area contributed by atoms with Gasteiger partial charge in [0.1, 0.15) is 0 Å². The maximum Gasteiger partial charge on any atom is 0.223 e. The van der Waals surface area contributed by atoms with Gasteiger partial charge in [-0.2, -0.15) is 5.26 Å².